The zero-order valence-electron chi connectivity index (χ0n) is 14.1. The second-order valence-corrected chi connectivity index (χ2v) is 7.51. The first-order valence-electron chi connectivity index (χ1n) is 8.63. The van der Waals surface area contributed by atoms with Crippen LogP contribution in [0.15, 0.2) is 18.2 Å². The molecular formula is C18H24N4OS. The van der Waals surface area contributed by atoms with Gasteiger partial charge in [-0.25, -0.2) is 4.98 Å². The fourth-order valence-electron chi connectivity index (χ4n) is 3.89. The van der Waals surface area contributed by atoms with Gasteiger partial charge in [-0.05, 0) is 49.3 Å². The van der Waals surface area contributed by atoms with Crippen LogP contribution in [0, 0.1) is 17.2 Å². The topological polar surface area (TPSA) is 60.2 Å². The summed E-state index contributed by atoms with van der Waals surface area (Å²) in [5.41, 5.74) is 0.465. The molecule has 0 spiro atoms. The number of hydrogen-bond donors (Lipinski definition) is 0. The van der Waals surface area contributed by atoms with Crippen LogP contribution in [0.4, 0.5) is 5.82 Å². The Morgan fingerprint density at radius 1 is 1.42 bits per heavy atom. The molecule has 0 radical (unpaired) electrons. The molecule has 0 aliphatic carbocycles. The lowest BCUT2D eigenvalue weighted by atomic mass is 9.83. The predicted octanol–water partition coefficient (Wildman–Crippen LogP) is 2.52. The normalized spacial score (nSPS) is 23.8. The fraction of sp³-hybridized carbons (Fsp3) is 0.611. The minimum absolute atomic E-state index is 0.329. The molecule has 24 heavy (non-hydrogen) atoms. The van der Waals surface area contributed by atoms with Crippen LogP contribution in [0.25, 0.3) is 0 Å². The molecule has 2 saturated heterocycles. The number of fused-ring (bicyclic) bond motifs is 1. The molecule has 1 amide bonds. The molecule has 2 atom stereocenters. The smallest absolute Gasteiger partial charge is 0.222 e. The Morgan fingerprint density at radius 2 is 2.29 bits per heavy atom. The van der Waals surface area contributed by atoms with Gasteiger partial charge in [0.15, 0.2) is 0 Å². The van der Waals surface area contributed by atoms with Crippen LogP contribution >= 0.6 is 11.8 Å². The van der Waals surface area contributed by atoms with Gasteiger partial charge >= 0.3 is 0 Å². The number of amides is 1. The van der Waals surface area contributed by atoms with Gasteiger partial charge in [0.2, 0.25) is 5.91 Å². The first-order chi connectivity index (χ1) is 11.7. The Labute approximate surface area is 148 Å². The maximum Gasteiger partial charge on any atom is 0.222 e. The van der Waals surface area contributed by atoms with E-state index in [-0.39, 0.29) is 0 Å². The van der Waals surface area contributed by atoms with Crippen LogP contribution < -0.4 is 4.90 Å². The molecule has 3 heterocycles. The summed E-state index contributed by atoms with van der Waals surface area (Å²) < 4.78 is 0. The number of thioether (sulfide) groups is 1. The lowest BCUT2D eigenvalue weighted by Gasteiger charge is -2.47. The Hall–Kier alpha value is -1.74. The molecule has 1 aromatic heterocycles. The highest BCUT2D eigenvalue weighted by Gasteiger charge is 2.39. The number of rotatable bonds is 5. The molecule has 2 fully saturated rings. The average molecular weight is 344 g/mol. The molecule has 1 aromatic rings. The van der Waals surface area contributed by atoms with Crippen molar-refractivity contribution < 1.29 is 4.79 Å². The first kappa shape index (κ1) is 17.1. The number of anilines is 1. The van der Waals surface area contributed by atoms with Crippen molar-refractivity contribution in [2.24, 2.45) is 5.92 Å². The summed E-state index contributed by atoms with van der Waals surface area (Å²) in [7, 11) is 0. The summed E-state index contributed by atoms with van der Waals surface area (Å²) in [6.07, 6.45) is 5.82. The van der Waals surface area contributed by atoms with Gasteiger partial charge in [-0.2, -0.15) is 17.0 Å². The Bertz CT molecular complexity index is 630. The standard InChI is InChI=1S/C18H24N4OS/c1-24-11-3-9-22-16-8-10-21(13-14(16)6-7-18(22)23)17-5-2-4-15(12-19)20-17/h2,4-5,14,16H,3,6-11,13H2,1H3/t14-,16+/m0/s1. The number of aromatic nitrogens is 1. The number of hydrogen-bond acceptors (Lipinski definition) is 5. The van der Waals surface area contributed by atoms with Crippen molar-refractivity contribution in [3.05, 3.63) is 23.9 Å². The summed E-state index contributed by atoms with van der Waals surface area (Å²) in [5.74, 6) is 2.84. The summed E-state index contributed by atoms with van der Waals surface area (Å²) in [6, 6.07) is 8.10. The van der Waals surface area contributed by atoms with E-state index in [1.807, 2.05) is 23.9 Å². The summed E-state index contributed by atoms with van der Waals surface area (Å²) in [4.78, 5) is 21.2. The van der Waals surface area contributed by atoms with Gasteiger partial charge in [0.25, 0.3) is 0 Å². The van der Waals surface area contributed by atoms with Gasteiger partial charge in [0.05, 0.1) is 0 Å². The Balaban J connectivity index is 1.67. The van der Waals surface area contributed by atoms with Gasteiger partial charge in [-0.1, -0.05) is 6.07 Å². The lowest BCUT2D eigenvalue weighted by Crippen LogP contribution is -2.56. The number of carbonyl (C=O) groups excluding carboxylic acids is 1. The minimum atomic E-state index is 0.329. The molecule has 0 unspecified atom stereocenters. The van der Waals surface area contributed by atoms with Crippen LogP contribution in [0.1, 0.15) is 31.4 Å². The summed E-state index contributed by atoms with van der Waals surface area (Å²) in [5, 5.41) is 9.04. The van der Waals surface area contributed by atoms with Crippen molar-refractivity contribution in [2.45, 2.75) is 31.7 Å². The van der Waals surface area contributed by atoms with Crippen LogP contribution in [-0.2, 0) is 4.79 Å². The minimum Gasteiger partial charge on any atom is -0.356 e. The van der Waals surface area contributed by atoms with Crippen molar-refractivity contribution in [3.63, 3.8) is 0 Å². The fourth-order valence-corrected chi connectivity index (χ4v) is 4.31. The van der Waals surface area contributed by atoms with Crippen LogP contribution in [0.2, 0.25) is 0 Å². The first-order valence-corrected chi connectivity index (χ1v) is 10.0. The number of pyridine rings is 1. The highest BCUT2D eigenvalue weighted by molar-refractivity contribution is 7.98. The number of nitriles is 1. The van der Waals surface area contributed by atoms with Gasteiger partial charge < -0.3 is 9.80 Å². The maximum atomic E-state index is 12.3. The van der Waals surface area contributed by atoms with E-state index in [9.17, 15) is 4.79 Å². The van der Waals surface area contributed by atoms with Gasteiger partial charge in [-0.15, -0.1) is 0 Å². The number of carbonyl (C=O) groups is 1. The van der Waals surface area contributed by atoms with E-state index in [0.29, 0.717) is 30.0 Å². The van der Waals surface area contributed by atoms with Crippen molar-refractivity contribution in [2.75, 3.05) is 36.5 Å². The van der Waals surface area contributed by atoms with Gasteiger partial charge in [-0.3, -0.25) is 4.79 Å². The van der Waals surface area contributed by atoms with E-state index in [2.05, 4.69) is 27.1 Å². The average Bonchev–Trinajstić information content (AvgIpc) is 2.63. The molecule has 5 nitrogen and oxygen atoms in total. The van der Waals surface area contributed by atoms with Crippen LogP contribution in [0.5, 0.6) is 0 Å². The van der Waals surface area contributed by atoms with E-state index in [1.54, 1.807) is 6.07 Å². The number of piperidine rings is 2. The molecule has 6 heteroatoms. The zero-order valence-corrected chi connectivity index (χ0v) is 15.0. The quantitative estimate of drug-likeness (QED) is 0.768. The highest BCUT2D eigenvalue weighted by atomic mass is 32.2. The molecule has 2 aliphatic heterocycles. The molecule has 0 aromatic carbocycles. The molecule has 0 saturated carbocycles. The van der Waals surface area contributed by atoms with Crippen molar-refractivity contribution in [1.29, 1.82) is 5.26 Å². The van der Waals surface area contributed by atoms with Crippen LogP contribution in [0.3, 0.4) is 0 Å². The second-order valence-electron chi connectivity index (χ2n) is 6.53. The van der Waals surface area contributed by atoms with Gasteiger partial charge in [0, 0.05) is 32.1 Å². The zero-order chi connectivity index (χ0) is 16.9. The second kappa shape index (κ2) is 7.89. The predicted molar refractivity (Wildman–Crippen MR) is 97.0 cm³/mol. The Kier molecular flexibility index (Phi) is 5.62. The largest absolute Gasteiger partial charge is 0.356 e. The molecule has 3 rings (SSSR count). The summed E-state index contributed by atoms with van der Waals surface area (Å²) in [6.45, 7) is 2.72. The third-order valence-electron chi connectivity index (χ3n) is 5.06. The molecule has 0 bridgehead atoms. The third-order valence-corrected chi connectivity index (χ3v) is 5.76. The molecule has 2 aliphatic rings. The van der Waals surface area contributed by atoms with Crippen molar-refractivity contribution in [3.8, 4) is 6.07 Å². The molecule has 128 valence electrons. The molecular weight excluding hydrogens is 320 g/mol. The third kappa shape index (κ3) is 3.67. The number of likely N-dealkylation sites (tertiary alicyclic amines) is 1. The molecule has 0 N–H and O–H groups in total. The van der Waals surface area contributed by atoms with Gasteiger partial charge in [0.1, 0.15) is 17.6 Å². The van der Waals surface area contributed by atoms with E-state index < -0.39 is 0 Å². The lowest BCUT2D eigenvalue weighted by molar-refractivity contribution is -0.139. The monoisotopic (exact) mass is 344 g/mol. The SMILES string of the molecule is CSCCCN1C(=O)CC[C@H]2CN(c3cccc(C#N)n3)CC[C@H]21. The van der Waals surface area contributed by atoms with E-state index in [4.69, 9.17) is 5.26 Å². The number of nitrogens with zero attached hydrogens (tertiary/aromatic N) is 4. The van der Waals surface area contributed by atoms with E-state index >= 15 is 0 Å². The summed E-state index contributed by atoms with van der Waals surface area (Å²) >= 11 is 1.84. The van der Waals surface area contributed by atoms with Crippen molar-refractivity contribution >= 4 is 23.5 Å². The van der Waals surface area contributed by atoms with E-state index in [1.165, 1.54) is 0 Å². The highest BCUT2D eigenvalue weighted by Crippen LogP contribution is 2.33. The van der Waals surface area contributed by atoms with E-state index in [0.717, 1.165) is 50.5 Å². The van der Waals surface area contributed by atoms with Crippen LogP contribution in [-0.4, -0.2) is 53.5 Å². The maximum absolute atomic E-state index is 12.3. The Morgan fingerprint density at radius 3 is 3.08 bits per heavy atom. The van der Waals surface area contributed by atoms with Crippen molar-refractivity contribution in [1.82, 2.24) is 9.88 Å².